The highest BCUT2D eigenvalue weighted by molar-refractivity contribution is 7.99. The number of nitrogens with zero attached hydrogens (tertiary/aromatic N) is 1. The van der Waals surface area contributed by atoms with Gasteiger partial charge in [-0.25, -0.2) is 4.98 Å². The maximum atomic E-state index is 12.2. The maximum absolute atomic E-state index is 12.2. The fourth-order valence-corrected chi connectivity index (χ4v) is 4.01. The summed E-state index contributed by atoms with van der Waals surface area (Å²) in [5, 5.41) is 6.37. The smallest absolute Gasteiger partial charge is 0.252 e. The largest absolute Gasteiger partial charge is 0.497 e. The van der Waals surface area contributed by atoms with E-state index in [0.717, 1.165) is 30.2 Å². The second-order valence-corrected chi connectivity index (χ2v) is 7.49. The van der Waals surface area contributed by atoms with Crippen LogP contribution in [0.15, 0.2) is 42.6 Å². The molecule has 0 aliphatic carbocycles. The first-order valence-corrected chi connectivity index (χ1v) is 10.1. The number of carbonyl (C=O) groups excluding carboxylic acids is 1. The highest BCUT2D eigenvalue weighted by Crippen LogP contribution is 2.20. The average molecular weight is 372 g/mol. The molecule has 138 valence electrons. The third-order valence-electron chi connectivity index (χ3n) is 4.39. The van der Waals surface area contributed by atoms with Crippen LogP contribution in [-0.2, 0) is 6.42 Å². The fourth-order valence-electron chi connectivity index (χ4n) is 2.86. The van der Waals surface area contributed by atoms with E-state index in [1.165, 1.54) is 17.7 Å². The first-order chi connectivity index (χ1) is 12.7. The summed E-state index contributed by atoms with van der Waals surface area (Å²) >= 11 is 1.96. The van der Waals surface area contributed by atoms with Gasteiger partial charge in [-0.15, -0.1) is 0 Å². The van der Waals surface area contributed by atoms with Crippen molar-refractivity contribution in [2.24, 2.45) is 0 Å². The molecule has 2 heterocycles. The summed E-state index contributed by atoms with van der Waals surface area (Å²) in [4.78, 5) is 16.6. The molecule has 0 spiro atoms. The van der Waals surface area contributed by atoms with Gasteiger partial charge in [-0.3, -0.25) is 4.79 Å². The zero-order valence-corrected chi connectivity index (χ0v) is 15.8. The lowest BCUT2D eigenvalue weighted by Gasteiger charge is -2.12. The number of hydrogen-bond acceptors (Lipinski definition) is 5. The van der Waals surface area contributed by atoms with Gasteiger partial charge in [0, 0.05) is 24.5 Å². The van der Waals surface area contributed by atoms with Crippen molar-refractivity contribution < 1.29 is 9.53 Å². The first-order valence-electron chi connectivity index (χ1n) is 8.96. The Bertz CT molecular complexity index is 698. The highest BCUT2D eigenvalue weighted by atomic mass is 32.2. The number of carbonyl (C=O) groups is 1. The van der Waals surface area contributed by atoms with Crippen molar-refractivity contribution in [3.63, 3.8) is 0 Å². The van der Waals surface area contributed by atoms with Crippen LogP contribution in [0.3, 0.4) is 0 Å². The van der Waals surface area contributed by atoms with Crippen LogP contribution in [0.1, 0.15) is 28.8 Å². The number of pyridine rings is 1. The van der Waals surface area contributed by atoms with Gasteiger partial charge in [0.2, 0.25) is 0 Å². The Labute approximate surface area is 158 Å². The van der Waals surface area contributed by atoms with Gasteiger partial charge >= 0.3 is 0 Å². The Morgan fingerprint density at radius 2 is 2.12 bits per heavy atom. The van der Waals surface area contributed by atoms with Gasteiger partial charge in [0.05, 0.1) is 12.7 Å². The number of anilines is 1. The Morgan fingerprint density at radius 1 is 1.27 bits per heavy atom. The molecule has 1 fully saturated rings. The molecule has 1 atom stereocenters. The molecule has 0 saturated carbocycles. The number of aryl methyl sites for hydroxylation is 1. The van der Waals surface area contributed by atoms with Crippen LogP contribution >= 0.6 is 11.8 Å². The molecule has 26 heavy (non-hydrogen) atoms. The highest BCUT2D eigenvalue weighted by Gasteiger charge is 2.15. The van der Waals surface area contributed by atoms with Crippen LogP contribution in [-0.4, -0.2) is 42.1 Å². The number of rotatable bonds is 8. The van der Waals surface area contributed by atoms with Crippen molar-refractivity contribution in [1.29, 1.82) is 0 Å². The van der Waals surface area contributed by atoms with Crippen LogP contribution in [0.25, 0.3) is 0 Å². The molecule has 2 N–H and O–H groups in total. The van der Waals surface area contributed by atoms with Crippen LogP contribution in [0.2, 0.25) is 0 Å². The Morgan fingerprint density at radius 3 is 2.77 bits per heavy atom. The van der Waals surface area contributed by atoms with E-state index >= 15 is 0 Å². The van der Waals surface area contributed by atoms with E-state index in [0.29, 0.717) is 18.2 Å². The summed E-state index contributed by atoms with van der Waals surface area (Å²) in [6.45, 7) is 0.643. The average Bonchev–Trinajstić information content (AvgIpc) is 3.19. The Balaban J connectivity index is 1.39. The molecule has 1 aliphatic heterocycles. The number of methoxy groups -OCH3 is 1. The molecular formula is C20H25N3O2S. The van der Waals surface area contributed by atoms with Crippen molar-refractivity contribution in [3.8, 4) is 5.75 Å². The summed E-state index contributed by atoms with van der Waals surface area (Å²) < 4.78 is 5.15. The Kier molecular flexibility index (Phi) is 6.77. The third-order valence-corrected chi connectivity index (χ3v) is 5.56. The number of amides is 1. The van der Waals surface area contributed by atoms with E-state index in [9.17, 15) is 4.79 Å². The van der Waals surface area contributed by atoms with Crippen molar-refractivity contribution in [3.05, 3.63) is 53.7 Å². The van der Waals surface area contributed by atoms with Crippen molar-refractivity contribution >= 4 is 23.5 Å². The van der Waals surface area contributed by atoms with Gasteiger partial charge in [-0.2, -0.15) is 11.8 Å². The van der Waals surface area contributed by atoms with Gasteiger partial charge in [0.25, 0.3) is 5.91 Å². The predicted molar refractivity (Wildman–Crippen MR) is 107 cm³/mol. The molecule has 2 aromatic rings. The molecular weight excluding hydrogens is 346 g/mol. The van der Waals surface area contributed by atoms with Crippen LogP contribution in [0.4, 0.5) is 5.82 Å². The minimum absolute atomic E-state index is 0.0739. The molecule has 1 amide bonds. The Hall–Kier alpha value is -2.21. The molecule has 1 aliphatic rings. The number of ether oxygens (including phenoxy) is 1. The molecule has 1 aromatic carbocycles. The van der Waals surface area contributed by atoms with Gasteiger partial charge in [-0.05, 0) is 54.8 Å². The monoisotopic (exact) mass is 371 g/mol. The standard InChI is InChI=1S/C20H25N3O2S/c1-25-18-7-4-15(5-8-18)3-2-11-21-20(24)16-6-9-19(22-13-16)23-17-10-12-26-14-17/h4-9,13,17H,2-3,10-12,14H2,1H3,(H,21,24)(H,22,23). The summed E-state index contributed by atoms with van der Waals surface area (Å²) in [7, 11) is 1.66. The predicted octanol–water partition coefficient (Wildman–Crippen LogP) is 3.37. The van der Waals surface area contributed by atoms with Gasteiger partial charge in [0.1, 0.15) is 11.6 Å². The van der Waals surface area contributed by atoms with E-state index in [4.69, 9.17) is 4.74 Å². The molecule has 6 heteroatoms. The quantitative estimate of drug-likeness (QED) is 0.697. The zero-order chi connectivity index (χ0) is 18.2. The van der Waals surface area contributed by atoms with Crippen molar-refractivity contribution in [2.45, 2.75) is 25.3 Å². The summed E-state index contributed by atoms with van der Waals surface area (Å²) in [5.74, 6) is 3.95. The van der Waals surface area contributed by atoms with Gasteiger partial charge in [-0.1, -0.05) is 12.1 Å². The lowest BCUT2D eigenvalue weighted by atomic mass is 10.1. The van der Waals surface area contributed by atoms with Crippen LogP contribution in [0, 0.1) is 0 Å². The van der Waals surface area contributed by atoms with Gasteiger partial charge in [0.15, 0.2) is 0 Å². The third kappa shape index (κ3) is 5.39. The minimum Gasteiger partial charge on any atom is -0.497 e. The fraction of sp³-hybridized carbons (Fsp3) is 0.400. The van der Waals surface area contributed by atoms with Crippen LogP contribution in [0.5, 0.6) is 5.75 Å². The lowest BCUT2D eigenvalue weighted by Crippen LogP contribution is -2.25. The van der Waals surface area contributed by atoms with Crippen molar-refractivity contribution in [2.75, 3.05) is 30.5 Å². The molecule has 1 unspecified atom stereocenters. The van der Waals surface area contributed by atoms with E-state index in [1.807, 2.05) is 36.0 Å². The SMILES string of the molecule is COc1ccc(CCCNC(=O)c2ccc(NC3CCSC3)nc2)cc1. The number of aromatic nitrogens is 1. The number of benzene rings is 1. The maximum Gasteiger partial charge on any atom is 0.252 e. The number of thioether (sulfide) groups is 1. The molecule has 1 saturated heterocycles. The number of nitrogens with one attached hydrogen (secondary N) is 2. The van der Waals surface area contributed by atoms with E-state index in [2.05, 4.69) is 27.8 Å². The molecule has 5 nitrogen and oxygen atoms in total. The molecule has 1 aromatic heterocycles. The van der Waals surface area contributed by atoms with Crippen LogP contribution < -0.4 is 15.4 Å². The summed E-state index contributed by atoms with van der Waals surface area (Å²) in [5.41, 5.74) is 1.84. The molecule has 0 bridgehead atoms. The second-order valence-electron chi connectivity index (χ2n) is 6.34. The lowest BCUT2D eigenvalue weighted by molar-refractivity contribution is 0.0953. The van der Waals surface area contributed by atoms with Crippen molar-refractivity contribution in [1.82, 2.24) is 10.3 Å². The normalized spacial score (nSPS) is 16.3. The zero-order valence-electron chi connectivity index (χ0n) is 15.0. The topological polar surface area (TPSA) is 63.2 Å². The molecule has 3 rings (SSSR count). The van der Waals surface area contributed by atoms with E-state index < -0.39 is 0 Å². The van der Waals surface area contributed by atoms with E-state index in [1.54, 1.807) is 13.3 Å². The van der Waals surface area contributed by atoms with E-state index in [-0.39, 0.29) is 5.91 Å². The first kappa shape index (κ1) is 18.6. The minimum atomic E-state index is -0.0739. The second kappa shape index (κ2) is 9.48. The summed E-state index contributed by atoms with van der Waals surface area (Å²) in [6.07, 6.45) is 4.63. The number of hydrogen-bond donors (Lipinski definition) is 2. The molecule has 0 radical (unpaired) electrons. The summed E-state index contributed by atoms with van der Waals surface area (Å²) in [6, 6.07) is 12.2. The van der Waals surface area contributed by atoms with Gasteiger partial charge < -0.3 is 15.4 Å².